The van der Waals surface area contributed by atoms with Gasteiger partial charge in [0.2, 0.25) is 0 Å². The molecule has 0 aliphatic heterocycles. The molecule has 2 N–H and O–H groups in total. The lowest BCUT2D eigenvalue weighted by molar-refractivity contribution is 0.120. The van der Waals surface area contributed by atoms with Gasteiger partial charge < -0.3 is 10.5 Å². The summed E-state index contributed by atoms with van der Waals surface area (Å²) in [6.45, 7) is 2.10. The molecule has 1 unspecified atom stereocenters. The van der Waals surface area contributed by atoms with Gasteiger partial charge >= 0.3 is 0 Å². The highest BCUT2D eigenvalue weighted by molar-refractivity contribution is 5.29. The molecule has 0 spiro atoms. The second-order valence-corrected chi connectivity index (χ2v) is 4.25. The van der Waals surface area contributed by atoms with Gasteiger partial charge in [0.15, 0.2) is 0 Å². The first-order valence-corrected chi connectivity index (χ1v) is 5.82. The van der Waals surface area contributed by atoms with E-state index in [1.165, 1.54) is 24.8 Å². The van der Waals surface area contributed by atoms with Crippen molar-refractivity contribution in [3.63, 3.8) is 0 Å². The average molecular weight is 205 g/mol. The van der Waals surface area contributed by atoms with Crippen molar-refractivity contribution in [1.82, 2.24) is 0 Å². The minimum atomic E-state index is 0.155. The smallest absolute Gasteiger partial charge is 0.119 e. The monoisotopic (exact) mass is 205 g/mol. The molecule has 1 fully saturated rings. The molecule has 0 heterocycles. The van der Waals surface area contributed by atoms with E-state index in [2.05, 4.69) is 19.1 Å². The third-order valence-corrected chi connectivity index (χ3v) is 3.10. The van der Waals surface area contributed by atoms with Gasteiger partial charge in [-0.05, 0) is 43.4 Å². The number of hydrogen-bond acceptors (Lipinski definition) is 2. The van der Waals surface area contributed by atoms with Crippen LogP contribution in [0.2, 0.25) is 0 Å². The third kappa shape index (κ3) is 2.51. The van der Waals surface area contributed by atoms with Crippen molar-refractivity contribution in [2.24, 2.45) is 5.73 Å². The zero-order valence-electron chi connectivity index (χ0n) is 9.28. The lowest BCUT2D eigenvalue weighted by atomic mass is 9.96. The molecule has 1 saturated carbocycles. The first-order chi connectivity index (χ1) is 7.29. The first kappa shape index (κ1) is 10.5. The summed E-state index contributed by atoms with van der Waals surface area (Å²) in [5, 5.41) is 0. The molecule has 0 amide bonds. The summed E-state index contributed by atoms with van der Waals surface area (Å²) in [6.07, 6.45) is 5.15. The van der Waals surface area contributed by atoms with Crippen LogP contribution in [0.1, 0.15) is 44.2 Å². The SMILES string of the molecule is CCC(N)c1ccc(OC2CCC2)cc1. The summed E-state index contributed by atoms with van der Waals surface area (Å²) in [4.78, 5) is 0. The van der Waals surface area contributed by atoms with Crippen molar-refractivity contribution in [3.8, 4) is 5.75 Å². The van der Waals surface area contributed by atoms with Crippen LogP contribution in [0.5, 0.6) is 5.75 Å². The Hall–Kier alpha value is -1.02. The van der Waals surface area contributed by atoms with Gasteiger partial charge in [0.1, 0.15) is 5.75 Å². The molecule has 0 saturated heterocycles. The molecule has 0 bridgehead atoms. The second-order valence-electron chi connectivity index (χ2n) is 4.25. The topological polar surface area (TPSA) is 35.2 Å². The van der Waals surface area contributed by atoms with Crippen LogP contribution >= 0.6 is 0 Å². The van der Waals surface area contributed by atoms with Gasteiger partial charge in [-0.1, -0.05) is 19.1 Å². The standard InChI is InChI=1S/C13H19NO/c1-2-13(14)10-6-8-12(9-7-10)15-11-4-3-5-11/h6-9,11,13H,2-5,14H2,1H3. The van der Waals surface area contributed by atoms with Crippen LogP contribution in [-0.2, 0) is 0 Å². The molecule has 2 rings (SSSR count). The Balaban J connectivity index is 1.96. The Morgan fingerprint density at radius 3 is 2.47 bits per heavy atom. The summed E-state index contributed by atoms with van der Waals surface area (Å²) in [6, 6.07) is 8.36. The van der Waals surface area contributed by atoms with E-state index in [0.717, 1.165) is 12.2 Å². The highest BCUT2D eigenvalue weighted by Crippen LogP contribution is 2.26. The van der Waals surface area contributed by atoms with Gasteiger partial charge in [0.25, 0.3) is 0 Å². The zero-order chi connectivity index (χ0) is 10.7. The fourth-order valence-electron chi connectivity index (χ4n) is 1.71. The van der Waals surface area contributed by atoms with Crippen LogP contribution in [-0.4, -0.2) is 6.10 Å². The van der Waals surface area contributed by atoms with Crippen molar-refractivity contribution in [2.75, 3.05) is 0 Å². The van der Waals surface area contributed by atoms with Gasteiger partial charge in [-0.25, -0.2) is 0 Å². The van der Waals surface area contributed by atoms with E-state index >= 15 is 0 Å². The summed E-state index contributed by atoms with van der Waals surface area (Å²) in [5.74, 6) is 0.978. The molecule has 2 nitrogen and oxygen atoms in total. The minimum absolute atomic E-state index is 0.155. The van der Waals surface area contributed by atoms with E-state index < -0.39 is 0 Å². The number of benzene rings is 1. The van der Waals surface area contributed by atoms with Crippen LogP contribution in [0.15, 0.2) is 24.3 Å². The molecule has 1 aliphatic rings. The maximum Gasteiger partial charge on any atom is 0.119 e. The van der Waals surface area contributed by atoms with Gasteiger partial charge in [0.05, 0.1) is 6.10 Å². The van der Waals surface area contributed by atoms with Crippen LogP contribution in [0, 0.1) is 0 Å². The molecular formula is C13H19NO. The molecule has 82 valence electrons. The molecule has 0 aromatic heterocycles. The van der Waals surface area contributed by atoms with Crippen LogP contribution in [0.3, 0.4) is 0 Å². The van der Waals surface area contributed by atoms with E-state index in [4.69, 9.17) is 10.5 Å². The summed E-state index contributed by atoms with van der Waals surface area (Å²) >= 11 is 0. The fraction of sp³-hybridized carbons (Fsp3) is 0.538. The van der Waals surface area contributed by atoms with Crippen molar-refractivity contribution in [3.05, 3.63) is 29.8 Å². The molecule has 1 atom stereocenters. The zero-order valence-corrected chi connectivity index (χ0v) is 9.28. The first-order valence-electron chi connectivity index (χ1n) is 5.82. The van der Waals surface area contributed by atoms with Crippen molar-refractivity contribution in [1.29, 1.82) is 0 Å². The van der Waals surface area contributed by atoms with Crippen LogP contribution in [0.25, 0.3) is 0 Å². The predicted octanol–water partition coefficient (Wildman–Crippen LogP) is 3.03. The maximum absolute atomic E-state index is 5.94. The van der Waals surface area contributed by atoms with Gasteiger partial charge in [-0.3, -0.25) is 0 Å². The van der Waals surface area contributed by atoms with Gasteiger partial charge in [-0.2, -0.15) is 0 Å². The Morgan fingerprint density at radius 1 is 1.33 bits per heavy atom. The largest absolute Gasteiger partial charge is 0.490 e. The Labute approximate surface area is 91.4 Å². The summed E-state index contributed by atoms with van der Waals surface area (Å²) in [7, 11) is 0. The highest BCUT2D eigenvalue weighted by Gasteiger charge is 2.18. The van der Waals surface area contributed by atoms with E-state index in [1.807, 2.05) is 12.1 Å². The van der Waals surface area contributed by atoms with E-state index in [0.29, 0.717) is 6.10 Å². The summed E-state index contributed by atoms with van der Waals surface area (Å²) in [5.41, 5.74) is 7.14. The molecule has 1 aromatic rings. The quantitative estimate of drug-likeness (QED) is 0.820. The van der Waals surface area contributed by atoms with Gasteiger partial charge in [-0.15, -0.1) is 0 Å². The summed E-state index contributed by atoms with van der Waals surface area (Å²) < 4.78 is 5.78. The van der Waals surface area contributed by atoms with Crippen molar-refractivity contribution < 1.29 is 4.74 Å². The second kappa shape index (κ2) is 4.67. The average Bonchev–Trinajstić information content (AvgIpc) is 2.23. The van der Waals surface area contributed by atoms with Crippen LogP contribution < -0.4 is 10.5 Å². The fourth-order valence-corrected chi connectivity index (χ4v) is 1.71. The normalized spacial score (nSPS) is 18.3. The van der Waals surface area contributed by atoms with Crippen molar-refractivity contribution in [2.45, 2.75) is 44.8 Å². The lowest BCUT2D eigenvalue weighted by Crippen LogP contribution is -2.24. The van der Waals surface area contributed by atoms with Crippen molar-refractivity contribution >= 4 is 0 Å². The Bertz CT molecular complexity index is 303. The minimum Gasteiger partial charge on any atom is -0.490 e. The van der Waals surface area contributed by atoms with Gasteiger partial charge in [0, 0.05) is 6.04 Å². The number of ether oxygens (including phenoxy) is 1. The van der Waals surface area contributed by atoms with E-state index in [-0.39, 0.29) is 6.04 Å². The van der Waals surface area contributed by atoms with E-state index in [9.17, 15) is 0 Å². The Morgan fingerprint density at radius 2 is 2.00 bits per heavy atom. The molecule has 2 heteroatoms. The Kier molecular flexibility index (Phi) is 3.27. The van der Waals surface area contributed by atoms with E-state index in [1.54, 1.807) is 0 Å². The molecule has 15 heavy (non-hydrogen) atoms. The molecule has 1 aromatic carbocycles. The highest BCUT2D eigenvalue weighted by atomic mass is 16.5. The predicted molar refractivity (Wildman–Crippen MR) is 61.9 cm³/mol. The van der Waals surface area contributed by atoms with Crippen LogP contribution in [0.4, 0.5) is 0 Å². The number of nitrogens with two attached hydrogens (primary N) is 1. The number of rotatable bonds is 4. The lowest BCUT2D eigenvalue weighted by Gasteiger charge is -2.26. The maximum atomic E-state index is 5.94. The molecule has 0 radical (unpaired) electrons. The molecular weight excluding hydrogens is 186 g/mol. The third-order valence-electron chi connectivity index (χ3n) is 3.10. The molecule has 1 aliphatic carbocycles. The number of hydrogen-bond donors (Lipinski definition) is 1.